The molecule has 9 heteroatoms. The molecule has 0 bridgehead atoms. The van der Waals surface area contributed by atoms with Gasteiger partial charge >= 0.3 is 5.97 Å². The Kier molecular flexibility index (Phi) is 7.50. The number of benzene rings is 2. The zero-order valence-corrected chi connectivity index (χ0v) is 17.7. The molecule has 1 heterocycles. The highest BCUT2D eigenvalue weighted by atomic mass is 32.1. The Labute approximate surface area is 184 Å². The Morgan fingerprint density at radius 3 is 2.55 bits per heavy atom. The van der Waals surface area contributed by atoms with E-state index in [-0.39, 0.29) is 5.75 Å². The van der Waals surface area contributed by atoms with Gasteiger partial charge in [-0.05, 0) is 72.4 Å². The van der Waals surface area contributed by atoms with Crippen LogP contribution in [0.25, 0.3) is 0 Å². The van der Waals surface area contributed by atoms with Crippen molar-refractivity contribution in [1.29, 1.82) is 0 Å². The fourth-order valence-electron chi connectivity index (χ4n) is 2.49. The second kappa shape index (κ2) is 10.7. The number of esters is 1. The number of nitrogens with one attached hydrogen (secondary N) is 2. The van der Waals surface area contributed by atoms with E-state index in [9.17, 15) is 4.79 Å². The van der Waals surface area contributed by atoms with Gasteiger partial charge in [0.25, 0.3) is 0 Å². The SMILES string of the molecule is COc1ccc(NC(=S)N/N=C/c2ccc(OC(=O)c3cccnc3)c(OC)c2)cc1. The maximum atomic E-state index is 12.2. The number of hydrazone groups is 1. The lowest BCUT2D eigenvalue weighted by molar-refractivity contribution is 0.0729. The van der Waals surface area contributed by atoms with Crippen molar-refractivity contribution in [1.82, 2.24) is 10.4 Å². The van der Waals surface area contributed by atoms with Gasteiger partial charge in [-0.15, -0.1) is 0 Å². The summed E-state index contributed by atoms with van der Waals surface area (Å²) in [4.78, 5) is 16.1. The van der Waals surface area contributed by atoms with E-state index in [2.05, 4.69) is 20.8 Å². The van der Waals surface area contributed by atoms with Crippen LogP contribution < -0.4 is 25.0 Å². The van der Waals surface area contributed by atoms with E-state index in [0.29, 0.717) is 16.4 Å². The number of hydrogen-bond acceptors (Lipinski definition) is 7. The molecule has 0 aliphatic heterocycles. The molecule has 0 radical (unpaired) electrons. The molecule has 0 amide bonds. The van der Waals surface area contributed by atoms with E-state index >= 15 is 0 Å². The maximum absolute atomic E-state index is 12.2. The predicted molar refractivity (Wildman–Crippen MR) is 122 cm³/mol. The number of thiocarbonyl (C=S) groups is 1. The molecule has 2 aromatic carbocycles. The first-order valence-corrected chi connectivity index (χ1v) is 9.54. The summed E-state index contributed by atoms with van der Waals surface area (Å²) in [6.07, 6.45) is 4.58. The molecule has 0 atom stereocenters. The van der Waals surface area contributed by atoms with E-state index in [1.54, 1.807) is 49.9 Å². The quantitative estimate of drug-likeness (QED) is 0.191. The molecule has 31 heavy (non-hydrogen) atoms. The smallest absolute Gasteiger partial charge is 0.345 e. The minimum atomic E-state index is -0.524. The molecule has 8 nitrogen and oxygen atoms in total. The molecule has 0 aliphatic rings. The van der Waals surface area contributed by atoms with Crippen molar-refractivity contribution in [3.8, 4) is 17.2 Å². The molecule has 3 aromatic rings. The molecule has 0 spiro atoms. The summed E-state index contributed by atoms with van der Waals surface area (Å²) in [5.41, 5.74) is 4.61. The van der Waals surface area contributed by atoms with E-state index in [1.165, 1.54) is 13.3 Å². The van der Waals surface area contributed by atoms with Crippen molar-refractivity contribution in [2.45, 2.75) is 0 Å². The first-order valence-electron chi connectivity index (χ1n) is 9.13. The Morgan fingerprint density at radius 1 is 1.06 bits per heavy atom. The lowest BCUT2D eigenvalue weighted by atomic mass is 10.2. The summed E-state index contributed by atoms with van der Waals surface area (Å²) in [6.45, 7) is 0. The molecule has 2 N–H and O–H groups in total. The van der Waals surface area contributed by atoms with Crippen LogP contribution in [0.3, 0.4) is 0 Å². The molecule has 0 aliphatic carbocycles. The Hall–Kier alpha value is -3.98. The van der Waals surface area contributed by atoms with Crippen LogP contribution in [0.1, 0.15) is 15.9 Å². The fourth-order valence-corrected chi connectivity index (χ4v) is 2.66. The van der Waals surface area contributed by atoms with Gasteiger partial charge in [-0.3, -0.25) is 10.4 Å². The summed E-state index contributed by atoms with van der Waals surface area (Å²) in [6, 6.07) is 15.7. The average molecular weight is 436 g/mol. The third-order valence-corrected chi connectivity index (χ3v) is 4.21. The van der Waals surface area contributed by atoms with Gasteiger partial charge in [0.2, 0.25) is 0 Å². The molecule has 0 saturated heterocycles. The third-order valence-electron chi connectivity index (χ3n) is 4.02. The van der Waals surface area contributed by atoms with Crippen LogP contribution in [0.15, 0.2) is 72.1 Å². The van der Waals surface area contributed by atoms with E-state index in [1.807, 2.05) is 24.3 Å². The summed E-state index contributed by atoms with van der Waals surface area (Å²) < 4.78 is 15.8. The van der Waals surface area contributed by atoms with E-state index in [0.717, 1.165) is 17.0 Å². The molecular formula is C22H20N4O4S. The monoisotopic (exact) mass is 436 g/mol. The average Bonchev–Trinajstić information content (AvgIpc) is 2.81. The topological polar surface area (TPSA) is 94.1 Å². The van der Waals surface area contributed by atoms with Gasteiger partial charge in [-0.2, -0.15) is 5.10 Å². The van der Waals surface area contributed by atoms with Crippen molar-refractivity contribution in [3.05, 3.63) is 78.1 Å². The number of rotatable bonds is 7. The maximum Gasteiger partial charge on any atom is 0.345 e. The zero-order chi connectivity index (χ0) is 22.1. The number of pyridine rings is 1. The van der Waals surface area contributed by atoms with Gasteiger partial charge in [-0.1, -0.05) is 0 Å². The summed E-state index contributed by atoms with van der Waals surface area (Å²) in [5.74, 6) is 0.911. The predicted octanol–water partition coefficient (Wildman–Crippen LogP) is 3.64. The Bertz CT molecular complexity index is 1070. The standard InChI is InChI=1S/C22H20N4O4S/c1-28-18-8-6-17(7-9-18)25-22(31)26-24-13-15-5-10-19(20(12-15)29-2)30-21(27)16-4-3-11-23-14-16/h3-14H,1-2H3,(H2,25,26,31)/b24-13+. The van der Waals surface area contributed by atoms with Gasteiger partial charge in [-0.25, -0.2) is 4.79 Å². The number of ether oxygens (including phenoxy) is 3. The molecule has 1 aromatic heterocycles. The Balaban J connectivity index is 1.59. The van der Waals surface area contributed by atoms with Gasteiger partial charge in [0.15, 0.2) is 16.6 Å². The lowest BCUT2D eigenvalue weighted by Gasteiger charge is -2.10. The minimum Gasteiger partial charge on any atom is -0.497 e. The largest absolute Gasteiger partial charge is 0.497 e. The van der Waals surface area contributed by atoms with Crippen molar-refractivity contribution < 1.29 is 19.0 Å². The van der Waals surface area contributed by atoms with Crippen LogP contribution in [0.2, 0.25) is 0 Å². The highest BCUT2D eigenvalue weighted by molar-refractivity contribution is 7.80. The van der Waals surface area contributed by atoms with Gasteiger partial charge in [0, 0.05) is 18.1 Å². The number of nitrogens with zero attached hydrogens (tertiary/aromatic N) is 2. The summed E-state index contributed by atoms with van der Waals surface area (Å²) in [7, 11) is 3.10. The number of methoxy groups -OCH3 is 2. The highest BCUT2D eigenvalue weighted by Gasteiger charge is 2.12. The van der Waals surface area contributed by atoms with Crippen molar-refractivity contribution in [2.24, 2.45) is 5.10 Å². The molecule has 158 valence electrons. The second-order valence-electron chi connectivity index (χ2n) is 6.09. The first-order chi connectivity index (χ1) is 15.1. The highest BCUT2D eigenvalue weighted by Crippen LogP contribution is 2.28. The van der Waals surface area contributed by atoms with E-state index < -0.39 is 5.97 Å². The number of anilines is 1. The summed E-state index contributed by atoms with van der Waals surface area (Å²) in [5, 5.41) is 7.45. The van der Waals surface area contributed by atoms with Gasteiger partial charge < -0.3 is 19.5 Å². The van der Waals surface area contributed by atoms with Crippen LogP contribution >= 0.6 is 12.2 Å². The van der Waals surface area contributed by atoms with Gasteiger partial charge in [0.05, 0.1) is 26.0 Å². The van der Waals surface area contributed by atoms with Crippen molar-refractivity contribution in [3.63, 3.8) is 0 Å². The number of aromatic nitrogens is 1. The molecule has 0 saturated carbocycles. The summed E-state index contributed by atoms with van der Waals surface area (Å²) >= 11 is 5.22. The number of carbonyl (C=O) groups is 1. The molecule has 3 rings (SSSR count). The van der Waals surface area contributed by atoms with Crippen molar-refractivity contribution in [2.75, 3.05) is 19.5 Å². The lowest BCUT2D eigenvalue weighted by Crippen LogP contribution is -2.23. The molecular weight excluding hydrogens is 416 g/mol. The first kappa shape index (κ1) is 21.7. The Morgan fingerprint density at radius 2 is 1.87 bits per heavy atom. The fraction of sp³-hybridized carbons (Fsp3) is 0.0909. The third kappa shape index (κ3) is 6.25. The number of hydrogen-bond donors (Lipinski definition) is 2. The van der Waals surface area contributed by atoms with E-state index in [4.69, 9.17) is 26.4 Å². The van der Waals surface area contributed by atoms with Crippen LogP contribution in [0, 0.1) is 0 Å². The van der Waals surface area contributed by atoms with Crippen LogP contribution in [-0.4, -0.2) is 36.5 Å². The zero-order valence-electron chi connectivity index (χ0n) is 16.9. The second-order valence-corrected chi connectivity index (χ2v) is 6.50. The number of carbonyl (C=O) groups excluding carboxylic acids is 1. The van der Waals surface area contributed by atoms with Crippen LogP contribution in [0.5, 0.6) is 17.2 Å². The molecule has 0 unspecified atom stereocenters. The van der Waals surface area contributed by atoms with Crippen LogP contribution in [0.4, 0.5) is 5.69 Å². The van der Waals surface area contributed by atoms with Crippen LogP contribution in [-0.2, 0) is 0 Å². The van der Waals surface area contributed by atoms with Gasteiger partial charge in [0.1, 0.15) is 5.75 Å². The normalized spacial score (nSPS) is 10.4. The molecule has 0 fully saturated rings. The minimum absolute atomic E-state index is 0.290. The van der Waals surface area contributed by atoms with Crippen molar-refractivity contribution >= 4 is 35.2 Å².